The van der Waals surface area contributed by atoms with Crippen LogP contribution in [-0.4, -0.2) is 4.57 Å². The van der Waals surface area contributed by atoms with E-state index in [4.69, 9.17) is 0 Å². The number of aromatic nitrogens is 2. The highest BCUT2D eigenvalue weighted by Gasteiger charge is 2.55. The Balaban J connectivity index is 1.50. The van der Waals surface area contributed by atoms with Gasteiger partial charge in [-0.05, 0) is 81.0 Å². The van der Waals surface area contributed by atoms with Crippen molar-refractivity contribution in [2.75, 3.05) is 0 Å². The van der Waals surface area contributed by atoms with Crippen molar-refractivity contribution in [2.45, 2.75) is 128 Å². The molecule has 0 spiro atoms. The monoisotopic (exact) mass is 601 g/mol. The van der Waals surface area contributed by atoms with Crippen LogP contribution in [0.4, 0.5) is 0 Å². The van der Waals surface area contributed by atoms with E-state index in [2.05, 4.69) is 115 Å². The molecule has 5 aromatic rings. The van der Waals surface area contributed by atoms with Crippen LogP contribution in [0.15, 0.2) is 67.0 Å². The van der Waals surface area contributed by atoms with Gasteiger partial charge in [-0.15, -0.1) is 11.3 Å². The fraction of sp³-hybridized carbons (Fsp3) is 0.488. The molecule has 2 aliphatic carbocycles. The zero-order chi connectivity index (χ0) is 30.1. The third-order valence-electron chi connectivity index (χ3n) is 12.7. The minimum atomic E-state index is -0.00555. The first-order valence-corrected chi connectivity index (χ1v) is 18.5. The smallest absolute Gasteiger partial charge is 0.224 e. The molecule has 3 heteroatoms. The van der Waals surface area contributed by atoms with Gasteiger partial charge in [-0.3, -0.25) is 0 Å². The van der Waals surface area contributed by atoms with E-state index in [1.54, 1.807) is 21.5 Å². The Hall–Kier alpha value is -2.91. The van der Waals surface area contributed by atoms with Crippen molar-refractivity contribution in [3.63, 3.8) is 0 Å². The molecule has 0 radical (unpaired) electrons. The highest BCUT2D eigenvalue weighted by atomic mass is 32.1. The molecule has 1 aliphatic heterocycles. The fourth-order valence-corrected chi connectivity index (χ4v) is 11.0. The van der Waals surface area contributed by atoms with E-state index in [0.29, 0.717) is 11.8 Å². The molecule has 0 saturated heterocycles. The Morgan fingerprint density at radius 3 is 2.20 bits per heavy atom. The van der Waals surface area contributed by atoms with Crippen LogP contribution in [-0.2, 0) is 11.0 Å². The molecule has 2 unspecified atom stereocenters. The van der Waals surface area contributed by atoms with E-state index >= 15 is 0 Å². The molecular formula is C41H49N2S+. The molecule has 3 heterocycles. The topological polar surface area (TPSA) is 8.81 Å². The number of hydrogen-bond donors (Lipinski definition) is 0. The van der Waals surface area contributed by atoms with Crippen LogP contribution < -0.4 is 4.57 Å². The Kier molecular flexibility index (Phi) is 7.05. The van der Waals surface area contributed by atoms with Gasteiger partial charge in [-0.1, -0.05) is 95.7 Å². The van der Waals surface area contributed by atoms with E-state index < -0.39 is 0 Å². The number of benzene rings is 3. The molecule has 0 bridgehead atoms. The van der Waals surface area contributed by atoms with E-state index in [-0.39, 0.29) is 11.0 Å². The van der Waals surface area contributed by atoms with Crippen molar-refractivity contribution < 1.29 is 4.57 Å². The van der Waals surface area contributed by atoms with Crippen LogP contribution in [0, 0.1) is 0 Å². The minimum Gasteiger partial charge on any atom is -0.224 e. The van der Waals surface area contributed by atoms with E-state index in [9.17, 15) is 0 Å². The molecule has 2 aromatic heterocycles. The molecular weight excluding hydrogens is 553 g/mol. The summed E-state index contributed by atoms with van der Waals surface area (Å²) in [4.78, 5) is 0. The van der Waals surface area contributed by atoms with Gasteiger partial charge in [0.05, 0.1) is 5.56 Å². The van der Waals surface area contributed by atoms with Gasteiger partial charge < -0.3 is 0 Å². The molecule has 2 nitrogen and oxygen atoms in total. The maximum atomic E-state index is 2.71. The second kappa shape index (κ2) is 10.9. The van der Waals surface area contributed by atoms with Crippen LogP contribution in [0.1, 0.15) is 133 Å². The maximum Gasteiger partial charge on any atom is 0.294 e. The van der Waals surface area contributed by atoms with Gasteiger partial charge in [-0.2, -0.15) is 4.57 Å². The van der Waals surface area contributed by atoms with Crippen LogP contribution >= 0.6 is 11.3 Å². The third-order valence-corrected chi connectivity index (χ3v) is 13.9. The summed E-state index contributed by atoms with van der Waals surface area (Å²) in [6.07, 6.45) is 20.6. The van der Waals surface area contributed by atoms with Gasteiger partial charge in [0.2, 0.25) is 0 Å². The van der Waals surface area contributed by atoms with E-state index in [0.717, 1.165) is 12.8 Å². The molecule has 3 aromatic carbocycles. The summed E-state index contributed by atoms with van der Waals surface area (Å²) in [5, 5.41) is 2.97. The lowest BCUT2D eigenvalue weighted by Crippen LogP contribution is -2.67. The molecule has 8 rings (SSSR count). The number of thiophene rings is 1. The summed E-state index contributed by atoms with van der Waals surface area (Å²) in [6, 6.07) is 21.3. The Labute approximate surface area is 268 Å². The van der Waals surface area contributed by atoms with Gasteiger partial charge in [0.25, 0.3) is 5.82 Å². The predicted octanol–water partition coefficient (Wildman–Crippen LogP) is 11.7. The van der Waals surface area contributed by atoms with Crippen molar-refractivity contribution >= 4 is 31.5 Å². The van der Waals surface area contributed by atoms with Gasteiger partial charge in [0.15, 0.2) is 0 Å². The third kappa shape index (κ3) is 4.00. The lowest BCUT2D eigenvalue weighted by Gasteiger charge is -2.47. The second-order valence-corrected chi connectivity index (χ2v) is 15.6. The summed E-state index contributed by atoms with van der Waals surface area (Å²) in [7, 11) is 0. The first-order chi connectivity index (χ1) is 21.5. The quantitative estimate of drug-likeness (QED) is 0.177. The summed E-state index contributed by atoms with van der Waals surface area (Å²) in [5.74, 6) is 2.65. The second-order valence-electron chi connectivity index (χ2n) is 14.6. The van der Waals surface area contributed by atoms with Gasteiger partial charge in [0, 0.05) is 36.7 Å². The lowest BCUT2D eigenvalue weighted by atomic mass is 9.61. The first-order valence-electron chi connectivity index (χ1n) is 17.7. The number of imidazole rings is 1. The largest absolute Gasteiger partial charge is 0.294 e. The average molecular weight is 602 g/mol. The standard InChI is InChI=1S/C41H49N2S/c1-5-40(3)34-23-15-13-22-31(34)39-42(25-26-43(39)41(40,4)6-2)37-32(28-17-9-7-10-18-28)27-33-30-21-14-16-24-35(30)44-38(33)36(37)29-19-11-8-12-20-29/h13-16,21-29H,5-12,17-20H2,1-4H3/q+1. The van der Waals surface area contributed by atoms with E-state index in [1.165, 1.54) is 96.6 Å². The number of fused-ring (bicyclic) bond motifs is 6. The Morgan fingerprint density at radius 1 is 0.795 bits per heavy atom. The molecule has 44 heavy (non-hydrogen) atoms. The zero-order valence-corrected chi connectivity index (χ0v) is 28.1. The van der Waals surface area contributed by atoms with Crippen LogP contribution in [0.5, 0.6) is 0 Å². The minimum absolute atomic E-state index is 0.00555. The van der Waals surface area contributed by atoms with Crippen molar-refractivity contribution in [1.29, 1.82) is 0 Å². The fourth-order valence-electron chi connectivity index (χ4n) is 9.74. The molecule has 0 N–H and O–H groups in total. The van der Waals surface area contributed by atoms with Crippen molar-refractivity contribution in [2.24, 2.45) is 0 Å². The summed E-state index contributed by atoms with van der Waals surface area (Å²) in [5.41, 5.74) is 7.85. The SMILES string of the molecule is CCC1(C)c2ccccc2-c2n(-c3c(C4CCCCC4)cc4c(sc5ccccc54)c3C3CCCCC3)cc[n+]2C1(C)CC. The Morgan fingerprint density at radius 2 is 1.48 bits per heavy atom. The molecule has 2 saturated carbocycles. The number of hydrogen-bond acceptors (Lipinski definition) is 1. The normalized spacial score (nSPS) is 24.5. The molecule has 2 atom stereocenters. The van der Waals surface area contributed by atoms with Gasteiger partial charge in [-0.25, -0.2) is 4.57 Å². The van der Waals surface area contributed by atoms with Crippen LogP contribution in [0.2, 0.25) is 0 Å². The number of rotatable bonds is 5. The zero-order valence-electron chi connectivity index (χ0n) is 27.3. The number of nitrogens with zero attached hydrogens (tertiary/aromatic N) is 2. The molecule has 2 fully saturated rings. The highest BCUT2D eigenvalue weighted by molar-refractivity contribution is 7.26. The highest BCUT2D eigenvalue weighted by Crippen LogP contribution is 2.53. The van der Waals surface area contributed by atoms with Crippen molar-refractivity contribution in [1.82, 2.24) is 4.57 Å². The molecule has 228 valence electrons. The van der Waals surface area contributed by atoms with E-state index in [1.807, 2.05) is 0 Å². The Bertz CT molecular complexity index is 1850. The van der Waals surface area contributed by atoms with Gasteiger partial charge in [0.1, 0.15) is 23.6 Å². The molecule has 0 amide bonds. The first kappa shape index (κ1) is 28.6. The summed E-state index contributed by atoms with van der Waals surface area (Å²) in [6.45, 7) is 9.84. The van der Waals surface area contributed by atoms with Crippen LogP contribution in [0.3, 0.4) is 0 Å². The molecule has 3 aliphatic rings. The maximum absolute atomic E-state index is 2.71. The lowest BCUT2D eigenvalue weighted by molar-refractivity contribution is -0.764. The predicted molar refractivity (Wildman–Crippen MR) is 188 cm³/mol. The average Bonchev–Trinajstić information content (AvgIpc) is 3.69. The van der Waals surface area contributed by atoms with Crippen molar-refractivity contribution in [3.05, 3.63) is 83.7 Å². The summed E-state index contributed by atoms with van der Waals surface area (Å²) >= 11 is 2.06. The van der Waals surface area contributed by atoms with Crippen molar-refractivity contribution in [3.8, 4) is 17.1 Å². The van der Waals surface area contributed by atoms with Crippen LogP contribution in [0.25, 0.3) is 37.2 Å². The van der Waals surface area contributed by atoms with Gasteiger partial charge >= 0.3 is 0 Å². The summed E-state index contributed by atoms with van der Waals surface area (Å²) < 4.78 is 8.40.